The summed E-state index contributed by atoms with van der Waals surface area (Å²) in [6.07, 6.45) is 2.89. The molecule has 1 aliphatic heterocycles. The molecule has 0 aliphatic carbocycles. The number of ether oxygens (including phenoxy) is 1. The predicted molar refractivity (Wildman–Crippen MR) is 110 cm³/mol. The van der Waals surface area contributed by atoms with Crippen molar-refractivity contribution in [2.24, 2.45) is 4.99 Å². The van der Waals surface area contributed by atoms with Crippen molar-refractivity contribution in [3.63, 3.8) is 0 Å². The van der Waals surface area contributed by atoms with Gasteiger partial charge in [0.05, 0.1) is 19.4 Å². The number of halogens is 3. The van der Waals surface area contributed by atoms with Gasteiger partial charge in [-0.2, -0.15) is 0 Å². The Morgan fingerprint density at radius 3 is 2.96 bits per heavy atom. The first-order valence-electron chi connectivity index (χ1n) is 8.68. The Hall–Kier alpha value is -1.68. The van der Waals surface area contributed by atoms with Crippen LogP contribution in [-0.4, -0.2) is 44.2 Å². The van der Waals surface area contributed by atoms with Crippen molar-refractivity contribution in [3.05, 3.63) is 59.1 Å². The van der Waals surface area contributed by atoms with E-state index in [4.69, 9.17) is 9.15 Å². The van der Waals surface area contributed by atoms with E-state index in [2.05, 4.69) is 10.3 Å². The van der Waals surface area contributed by atoms with Crippen LogP contribution >= 0.6 is 24.0 Å². The topological polar surface area (TPSA) is 50.0 Å². The van der Waals surface area contributed by atoms with Gasteiger partial charge in [-0.15, -0.1) is 24.0 Å². The Bertz CT molecular complexity index is 754. The number of guanidine groups is 1. The number of furan rings is 1. The second-order valence-electron chi connectivity index (χ2n) is 6.15. The molecule has 0 saturated heterocycles. The Morgan fingerprint density at radius 2 is 2.22 bits per heavy atom. The summed E-state index contributed by atoms with van der Waals surface area (Å²) in [4.78, 5) is 6.58. The van der Waals surface area contributed by atoms with Crippen molar-refractivity contribution >= 4 is 29.9 Å². The molecule has 1 N–H and O–H groups in total. The fraction of sp³-hybridized carbons (Fsp3) is 0.421. The molecule has 0 amide bonds. The predicted octanol–water partition coefficient (Wildman–Crippen LogP) is 3.37. The fourth-order valence-corrected chi connectivity index (χ4v) is 3.05. The molecule has 1 aromatic carbocycles. The first-order chi connectivity index (χ1) is 12.7. The highest BCUT2D eigenvalue weighted by molar-refractivity contribution is 14.0. The molecule has 1 aliphatic rings. The molecule has 2 aromatic rings. The highest BCUT2D eigenvalue weighted by atomic mass is 127. The SMILES string of the molecule is COCCN=C(NCCc1ccco1)N1CCc2c(F)cc(F)cc2C1.I. The van der Waals surface area contributed by atoms with Crippen molar-refractivity contribution in [3.8, 4) is 0 Å². The minimum absolute atomic E-state index is 0. The average Bonchev–Trinajstić information content (AvgIpc) is 3.13. The molecule has 0 atom stereocenters. The van der Waals surface area contributed by atoms with Crippen LogP contribution in [0.15, 0.2) is 39.9 Å². The molecule has 2 heterocycles. The first kappa shape index (κ1) is 21.6. The maximum atomic E-state index is 13.9. The van der Waals surface area contributed by atoms with Gasteiger partial charge in [0.1, 0.15) is 17.4 Å². The van der Waals surface area contributed by atoms with Crippen LogP contribution in [0.1, 0.15) is 16.9 Å². The minimum atomic E-state index is -0.549. The van der Waals surface area contributed by atoms with E-state index in [-0.39, 0.29) is 24.0 Å². The summed E-state index contributed by atoms with van der Waals surface area (Å²) in [5.74, 6) is 0.584. The van der Waals surface area contributed by atoms with Crippen LogP contribution in [0.2, 0.25) is 0 Å². The Labute approximate surface area is 174 Å². The van der Waals surface area contributed by atoms with Gasteiger partial charge in [-0.05, 0) is 35.7 Å². The summed E-state index contributed by atoms with van der Waals surface area (Å²) in [5.41, 5.74) is 1.26. The van der Waals surface area contributed by atoms with Gasteiger partial charge in [-0.1, -0.05) is 0 Å². The molecule has 0 spiro atoms. The van der Waals surface area contributed by atoms with Gasteiger partial charge in [0.15, 0.2) is 5.96 Å². The van der Waals surface area contributed by atoms with Crippen LogP contribution in [0, 0.1) is 11.6 Å². The highest BCUT2D eigenvalue weighted by Crippen LogP contribution is 2.23. The monoisotopic (exact) mass is 491 g/mol. The molecule has 3 rings (SSSR count). The molecule has 0 unspecified atom stereocenters. The third-order valence-corrected chi connectivity index (χ3v) is 4.34. The summed E-state index contributed by atoms with van der Waals surface area (Å²) < 4.78 is 37.9. The third kappa shape index (κ3) is 5.90. The molecule has 8 heteroatoms. The van der Waals surface area contributed by atoms with Crippen LogP contribution in [-0.2, 0) is 24.1 Å². The minimum Gasteiger partial charge on any atom is -0.469 e. The normalized spacial score (nSPS) is 13.9. The van der Waals surface area contributed by atoms with Gasteiger partial charge in [0, 0.05) is 39.2 Å². The molecular weight excluding hydrogens is 467 g/mol. The number of fused-ring (bicyclic) bond motifs is 1. The zero-order valence-electron chi connectivity index (χ0n) is 15.2. The van der Waals surface area contributed by atoms with E-state index in [1.165, 1.54) is 6.07 Å². The molecular formula is C19H24F2IN3O2. The maximum absolute atomic E-state index is 13.9. The van der Waals surface area contributed by atoms with Crippen LogP contribution in [0.25, 0.3) is 0 Å². The summed E-state index contributed by atoms with van der Waals surface area (Å²) in [7, 11) is 1.63. The second-order valence-corrected chi connectivity index (χ2v) is 6.15. The van der Waals surface area contributed by atoms with E-state index in [1.807, 2.05) is 17.0 Å². The first-order valence-corrected chi connectivity index (χ1v) is 8.68. The second kappa shape index (κ2) is 10.6. The lowest BCUT2D eigenvalue weighted by Gasteiger charge is -2.32. The zero-order valence-corrected chi connectivity index (χ0v) is 17.5. The molecule has 0 fully saturated rings. The van der Waals surface area contributed by atoms with E-state index in [1.54, 1.807) is 13.4 Å². The van der Waals surface area contributed by atoms with Crippen LogP contribution in [0.5, 0.6) is 0 Å². The van der Waals surface area contributed by atoms with Gasteiger partial charge in [0.2, 0.25) is 0 Å². The number of hydrogen-bond donors (Lipinski definition) is 1. The van der Waals surface area contributed by atoms with Crippen LogP contribution in [0.3, 0.4) is 0 Å². The number of aliphatic imine (C=N–C) groups is 1. The van der Waals surface area contributed by atoms with Crippen molar-refractivity contribution in [2.75, 3.05) is 33.4 Å². The maximum Gasteiger partial charge on any atom is 0.194 e. The third-order valence-electron chi connectivity index (χ3n) is 4.34. The standard InChI is InChI=1S/C19H23F2N3O2.HI/c1-25-10-7-23-19(22-6-4-16-3-2-9-26-16)24-8-5-17-14(13-24)11-15(20)12-18(17)21;/h2-3,9,11-12H,4-8,10,13H2,1H3,(H,22,23);1H. The summed E-state index contributed by atoms with van der Waals surface area (Å²) in [5, 5.41) is 3.32. The largest absolute Gasteiger partial charge is 0.469 e. The van der Waals surface area contributed by atoms with Gasteiger partial charge in [-0.3, -0.25) is 4.99 Å². The molecule has 0 bridgehead atoms. The number of benzene rings is 1. The zero-order chi connectivity index (χ0) is 18.4. The Morgan fingerprint density at radius 1 is 1.37 bits per heavy atom. The Balaban J connectivity index is 0.00000261. The van der Waals surface area contributed by atoms with E-state index < -0.39 is 11.6 Å². The quantitative estimate of drug-likeness (QED) is 0.292. The van der Waals surface area contributed by atoms with E-state index in [0.717, 1.165) is 18.2 Å². The summed E-state index contributed by atoms with van der Waals surface area (Å²) in [6, 6.07) is 6.13. The van der Waals surface area contributed by atoms with Gasteiger partial charge >= 0.3 is 0 Å². The number of methoxy groups -OCH3 is 1. The smallest absolute Gasteiger partial charge is 0.194 e. The highest BCUT2D eigenvalue weighted by Gasteiger charge is 2.22. The van der Waals surface area contributed by atoms with E-state index in [9.17, 15) is 8.78 Å². The van der Waals surface area contributed by atoms with E-state index in [0.29, 0.717) is 56.3 Å². The van der Waals surface area contributed by atoms with Crippen LogP contribution < -0.4 is 5.32 Å². The molecule has 1 aromatic heterocycles. The molecule has 27 heavy (non-hydrogen) atoms. The number of rotatable bonds is 6. The molecule has 5 nitrogen and oxygen atoms in total. The molecule has 148 valence electrons. The van der Waals surface area contributed by atoms with Crippen molar-refractivity contribution in [1.29, 1.82) is 0 Å². The number of nitrogens with zero attached hydrogens (tertiary/aromatic N) is 2. The van der Waals surface area contributed by atoms with Crippen LogP contribution in [0.4, 0.5) is 8.78 Å². The molecule has 0 radical (unpaired) electrons. The fourth-order valence-electron chi connectivity index (χ4n) is 3.05. The van der Waals surface area contributed by atoms with Crippen molar-refractivity contribution in [2.45, 2.75) is 19.4 Å². The number of nitrogens with one attached hydrogen (secondary N) is 1. The lowest BCUT2D eigenvalue weighted by atomic mass is 9.99. The van der Waals surface area contributed by atoms with Gasteiger partial charge < -0.3 is 19.4 Å². The van der Waals surface area contributed by atoms with E-state index >= 15 is 0 Å². The van der Waals surface area contributed by atoms with Gasteiger partial charge in [-0.25, -0.2) is 8.78 Å². The van der Waals surface area contributed by atoms with Crippen molar-refractivity contribution < 1.29 is 17.9 Å². The number of hydrogen-bond acceptors (Lipinski definition) is 3. The van der Waals surface area contributed by atoms with Crippen molar-refractivity contribution in [1.82, 2.24) is 10.2 Å². The average molecular weight is 491 g/mol. The Kier molecular flexibility index (Phi) is 8.49. The lowest BCUT2D eigenvalue weighted by Crippen LogP contribution is -2.45. The van der Waals surface area contributed by atoms with Gasteiger partial charge in [0.25, 0.3) is 0 Å². The summed E-state index contributed by atoms with van der Waals surface area (Å²) in [6.45, 7) is 2.72. The molecule has 0 saturated carbocycles. The lowest BCUT2D eigenvalue weighted by molar-refractivity contribution is 0.207. The summed E-state index contributed by atoms with van der Waals surface area (Å²) >= 11 is 0.